The second-order valence-corrected chi connectivity index (χ2v) is 2.94. The number of hydrogen-bond donors (Lipinski definition) is 2. The number of aliphatic hydroxyl groups is 2. The Balaban J connectivity index is 2.85. The molecule has 0 saturated carbocycles. The second-order valence-electron chi connectivity index (χ2n) is 2.94. The van der Waals surface area contributed by atoms with E-state index in [-0.39, 0.29) is 5.88 Å². The summed E-state index contributed by atoms with van der Waals surface area (Å²) in [7, 11) is 3.31. The van der Waals surface area contributed by atoms with Crippen LogP contribution in [-0.4, -0.2) is 38.1 Å². The van der Waals surface area contributed by atoms with Gasteiger partial charge in [-0.3, -0.25) is 4.90 Å². The average molecular weight is 182 g/mol. The first-order valence-corrected chi connectivity index (χ1v) is 3.80. The second kappa shape index (κ2) is 2.46. The van der Waals surface area contributed by atoms with Gasteiger partial charge in [-0.1, -0.05) is 0 Å². The van der Waals surface area contributed by atoms with E-state index in [1.165, 1.54) is 11.2 Å². The van der Waals surface area contributed by atoms with Gasteiger partial charge in [0.05, 0.1) is 6.33 Å². The van der Waals surface area contributed by atoms with Crippen LogP contribution in [0.15, 0.2) is 11.3 Å². The van der Waals surface area contributed by atoms with Crippen molar-refractivity contribution in [2.75, 3.05) is 7.05 Å². The number of nitrogens with zero attached hydrogens (tertiary/aromatic N) is 4. The lowest BCUT2D eigenvalue weighted by Crippen LogP contribution is -2.46. The molecule has 2 heterocycles. The van der Waals surface area contributed by atoms with Gasteiger partial charge in [0, 0.05) is 14.1 Å². The molecule has 0 aromatic carbocycles. The molecule has 0 fully saturated rings. The summed E-state index contributed by atoms with van der Waals surface area (Å²) in [5.74, 6) is -0.0162. The standard InChI is InChI=1S/C7H10N4O2/c1-10-3-8-5-4(10)6(12)11(2)7(13)9-5/h3,7,12-13H,1-2H3. The van der Waals surface area contributed by atoms with Gasteiger partial charge >= 0.3 is 0 Å². The smallest absolute Gasteiger partial charge is 0.229 e. The maximum atomic E-state index is 9.63. The fraction of sp³-hybridized carbons (Fsp3) is 0.429. The third-order valence-electron chi connectivity index (χ3n) is 2.05. The maximum Gasteiger partial charge on any atom is 0.229 e. The Labute approximate surface area is 74.1 Å². The molecule has 1 aromatic rings. The van der Waals surface area contributed by atoms with Gasteiger partial charge in [0.1, 0.15) is 5.35 Å². The molecule has 0 bridgehead atoms. The molecule has 6 heteroatoms. The lowest BCUT2D eigenvalue weighted by atomic mass is 10.5. The van der Waals surface area contributed by atoms with Crippen molar-refractivity contribution in [1.29, 1.82) is 0 Å². The van der Waals surface area contributed by atoms with Crippen LogP contribution in [0, 0.1) is 0 Å². The highest BCUT2D eigenvalue weighted by atomic mass is 16.3. The zero-order chi connectivity index (χ0) is 9.59. The van der Waals surface area contributed by atoms with Crippen LogP contribution in [0.3, 0.4) is 0 Å². The summed E-state index contributed by atoms with van der Waals surface area (Å²) in [6.07, 6.45) is 0.485. The SMILES string of the molecule is CN1C(O)=c2c(ncn2C)=NC1O. The minimum Gasteiger partial charge on any atom is -0.493 e. The molecule has 1 aliphatic heterocycles. The molecule has 70 valence electrons. The van der Waals surface area contributed by atoms with E-state index in [4.69, 9.17) is 0 Å². The molecule has 1 aliphatic rings. The van der Waals surface area contributed by atoms with Crippen LogP contribution in [-0.2, 0) is 7.05 Å². The van der Waals surface area contributed by atoms with Crippen molar-refractivity contribution in [2.24, 2.45) is 12.0 Å². The average Bonchev–Trinajstić information content (AvgIpc) is 2.43. The summed E-state index contributed by atoms with van der Waals surface area (Å²) >= 11 is 0. The largest absolute Gasteiger partial charge is 0.493 e. The van der Waals surface area contributed by atoms with Gasteiger partial charge in [0.25, 0.3) is 0 Å². The summed E-state index contributed by atoms with van der Waals surface area (Å²) in [6.45, 7) is 0. The summed E-state index contributed by atoms with van der Waals surface area (Å²) in [5, 5.41) is 19.5. The van der Waals surface area contributed by atoms with Crippen LogP contribution in [0.5, 0.6) is 0 Å². The van der Waals surface area contributed by atoms with Crippen molar-refractivity contribution in [1.82, 2.24) is 14.5 Å². The van der Waals surface area contributed by atoms with Gasteiger partial charge in [-0.2, -0.15) is 0 Å². The maximum absolute atomic E-state index is 9.63. The van der Waals surface area contributed by atoms with Crippen molar-refractivity contribution in [3.63, 3.8) is 0 Å². The first-order chi connectivity index (χ1) is 6.11. The predicted octanol–water partition coefficient (Wildman–Crippen LogP) is -2.12. The number of rotatable bonds is 0. The summed E-state index contributed by atoms with van der Waals surface area (Å²) in [5.41, 5.74) is 0.366. The van der Waals surface area contributed by atoms with Gasteiger partial charge in [0.2, 0.25) is 12.2 Å². The van der Waals surface area contributed by atoms with Crippen molar-refractivity contribution in [3.8, 4) is 0 Å². The topological polar surface area (TPSA) is 73.9 Å². The number of aliphatic hydroxyl groups excluding tert-OH is 2. The van der Waals surface area contributed by atoms with E-state index in [9.17, 15) is 10.2 Å². The van der Waals surface area contributed by atoms with Gasteiger partial charge in [-0.25, -0.2) is 9.98 Å². The van der Waals surface area contributed by atoms with Gasteiger partial charge < -0.3 is 14.8 Å². The first-order valence-electron chi connectivity index (χ1n) is 3.80. The molecule has 1 unspecified atom stereocenters. The fourth-order valence-electron chi connectivity index (χ4n) is 1.24. The molecule has 0 radical (unpaired) electrons. The minimum atomic E-state index is -1.05. The minimum absolute atomic E-state index is 0.0162. The molecule has 0 spiro atoms. The Morgan fingerprint density at radius 2 is 2.15 bits per heavy atom. The van der Waals surface area contributed by atoms with E-state index in [2.05, 4.69) is 9.98 Å². The Morgan fingerprint density at radius 3 is 2.85 bits per heavy atom. The highest BCUT2D eigenvalue weighted by molar-refractivity contribution is 5.30. The van der Waals surface area contributed by atoms with E-state index >= 15 is 0 Å². The molecule has 2 rings (SSSR count). The molecule has 0 aliphatic carbocycles. The lowest BCUT2D eigenvalue weighted by molar-refractivity contribution is 0.0429. The highest BCUT2D eigenvalue weighted by Crippen LogP contribution is 2.02. The van der Waals surface area contributed by atoms with Crippen LogP contribution >= 0.6 is 0 Å². The molecular formula is C7H10N4O2. The van der Waals surface area contributed by atoms with Gasteiger partial charge in [-0.15, -0.1) is 0 Å². The Bertz CT molecular complexity index is 450. The first kappa shape index (κ1) is 8.06. The third kappa shape index (κ3) is 0.988. The number of fused-ring (bicyclic) bond motifs is 1. The molecule has 6 nitrogen and oxygen atoms in total. The van der Waals surface area contributed by atoms with E-state index in [0.29, 0.717) is 10.8 Å². The zero-order valence-corrected chi connectivity index (χ0v) is 7.34. The van der Waals surface area contributed by atoms with Gasteiger partial charge in [0.15, 0.2) is 5.49 Å². The molecule has 2 N–H and O–H groups in total. The third-order valence-corrected chi connectivity index (χ3v) is 2.05. The predicted molar refractivity (Wildman–Crippen MR) is 43.8 cm³/mol. The molecule has 0 amide bonds. The fourth-order valence-corrected chi connectivity index (χ4v) is 1.24. The summed E-state index contributed by atoms with van der Waals surface area (Å²) < 4.78 is 1.65. The number of imidazole rings is 1. The zero-order valence-electron chi connectivity index (χ0n) is 7.34. The quantitative estimate of drug-likeness (QED) is 0.481. The van der Waals surface area contributed by atoms with Crippen LogP contribution in [0.4, 0.5) is 0 Å². The van der Waals surface area contributed by atoms with Crippen molar-refractivity contribution in [2.45, 2.75) is 6.35 Å². The Hall–Kier alpha value is -1.56. The van der Waals surface area contributed by atoms with Crippen LogP contribution in [0.1, 0.15) is 0 Å². The van der Waals surface area contributed by atoms with Crippen molar-refractivity contribution >= 4 is 5.88 Å². The van der Waals surface area contributed by atoms with Crippen molar-refractivity contribution in [3.05, 3.63) is 17.2 Å². The lowest BCUT2D eigenvalue weighted by Gasteiger charge is -2.22. The van der Waals surface area contributed by atoms with E-state index in [0.717, 1.165) is 0 Å². The van der Waals surface area contributed by atoms with E-state index in [1.54, 1.807) is 18.7 Å². The Morgan fingerprint density at radius 1 is 1.46 bits per heavy atom. The molecule has 1 aromatic heterocycles. The molecular weight excluding hydrogens is 172 g/mol. The highest BCUT2D eigenvalue weighted by Gasteiger charge is 2.19. The number of aryl methyl sites for hydroxylation is 1. The molecule has 1 atom stereocenters. The van der Waals surface area contributed by atoms with Crippen molar-refractivity contribution < 1.29 is 10.2 Å². The Kier molecular flexibility index (Phi) is 1.53. The van der Waals surface area contributed by atoms with E-state index < -0.39 is 6.35 Å². The number of hydrogen-bond acceptors (Lipinski definition) is 5. The number of aromatic nitrogens is 2. The summed E-state index contributed by atoms with van der Waals surface area (Å²) in [4.78, 5) is 9.06. The van der Waals surface area contributed by atoms with Crippen LogP contribution < -0.4 is 10.8 Å². The van der Waals surface area contributed by atoms with E-state index in [1.807, 2.05) is 0 Å². The monoisotopic (exact) mass is 182 g/mol. The molecule has 13 heavy (non-hydrogen) atoms. The summed E-state index contributed by atoms with van der Waals surface area (Å²) in [6, 6.07) is 0. The van der Waals surface area contributed by atoms with Crippen LogP contribution in [0.25, 0.3) is 5.88 Å². The normalized spacial score (nSPS) is 21.3. The van der Waals surface area contributed by atoms with Gasteiger partial charge in [-0.05, 0) is 0 Å². The molecule has 0 saturated heterocycles. The van der Waals surface area contributed by atoms with Crippen LogP contribution in [0.2, 0.25) is 0 Å².